The molecular formula is C28H25ClN4O4S. The van der Waals surface area contributed by atoms with Gasteiger partial charge in [0.25, 0.3) is 5.91 Å². The van der Waals surface area contributed by atoms with Gasteiger partial charge in [0.2, 0.25) is 5.91 Å². The molecule has 3 aromatic carbocycles. The van der Waals surface area contributed by atoms with E-state index in [9.17, 15) is 9.59 Å². The second-order valence-electron chi connectivity index (χ2n) is 8.69. The van der Waals surface area contributed by atoms with E-state index in [-0.39, 0.29) is 24.3 Å². The number of para-hydroxylation sites is 2. The number of hydrogen-bond acceptors (Lipinski definition) is 7. The van der Waals surface area contributed by atoms with E-state index in [1.807, 2.05) is 54.6 Å². The minimum atomic E-state index is -0.652. The molecule has 0 fully saturated rings. The van der Waals surface area contributed by atoms with Gasteiger partial charge in [0.1, 0.15) is 16.7 Å². The lowest BCUT2D eigenvalue weighted by molar-refractivity contribution is -0.121. The van der Waals surface area contributed by atoms with E-state index in [4.69, 9.17) is 26.2 Å². The maximum Gasteiger partial charge on any atom is 0.262 e. The van der Waals surface area contributed by atoms with Crippen LogP contribution in [0.25, 0.3) is 0 Å². The van der Waals surface area contributed by atoms with Crippen LogP contribution in [0.15, 0.2) is 82.9 Å². The summed E-state index contributed by atoms with van der Waals surface area (Å²) in [5.74, 6) is 0.614. The molecule has 3 aromatic rings. The highest BCUT2D eigenvalue weighted by Gasteiger charge is 2.39. The van der Waals surface area contributed by atoms with Crippen molar-refractivity contribution in [2.45, 2.75) is 24.1 Å². The predicted molar refractivity (Wildman–Crippen MR) is 150 cm³/mol. The average Bonchev–Trinajstić information content (AvgIpc) is 3.53. The number of carbonyl (C=O) groups is 2. The number of anilines is 1. The number of aliphatic imine (C=N–C) groups is 1. The van der Waals surface area contributed by atoms with Crippen LogP contribution in [0.4, 0.5) is 5.69 Å². The van der Waals surface area contributed by atoms with Crippen LogP contribution >= 0.6 is 23.4 Å². The number of nitrogens with one attached hydrogen (secondary N) is 1. The number of halogens is 1. The van der Waals surface area contributed by atoms with Crippen molar-refractivity contribution in [1.82, 2.24) is 5.01 Å². The molecule has 2 atom stereocenters. The number of methoxy groups -OCH3 is 2. The fourth-order valence-electron chi connectivity index (χ4n) is 4.33. The van der Waals surface area contributed by atoms with Gasteiger partial charge in [-0.1, -0.05) is 59.8 Å². The van der Waals surface area contributed by atoms with Gasteiger partial charge in [0.05, 0.1) is 31.7 Å². The van der Waals surface area contributed by atoms with Crippen molar-refractivity contribution in [2.24, 2.45) is 10.1 Å². The first-order valence-electron chi connectivity index (χ1n) is 11.9. The van der Waals surface area contributed by atoms with Crippen LogP contribution in [-0.4, -0.2) is 47.2 Å². The highest BCUT2D eigenvalue weighted by atomic mass is 35.5. The lowest BCUT2D eigenvalue weighted by Crippen LogP contribution is -2.25. The molecule has 38 heavy (non-hydrogen) atoms. The van der Waals surface area contributed by atoms with E-state index in [0.717, 1.165) is 22.6 Å². The summed E-state index contributed by atoms with van der Waals surface area (Å²) in [6, 6.07) is 22.2. The third-order valence-electron chi connectivity index (χ3n) is 6.24. The lowest BCUT2D eigenvalue weighted by Gasteiger charge is -2.23. The fourth-order valence-corrected chi connectivity index (χ4v) is 5.52. The molecule has 1 N–H and O–H groups in total. The number of benzene rings is 3. The van der Waals surface area contributed by atoms with E-state index < -0.39 is 5.25 Å². The third-order valence-corrected chi connectivity index (χ3v) is 7.64. The lowest BCUT2D eigenvalue weighted by atomic mass is 9.98. The van der Waals surface area contributed by atoms with Crippen molar-refractivity contribution in [3.63, 3.8) is 0 Å². The summed E-state index contributed by atoms with van der Waals surface area (Å²) < 4.78 is 10.7. The van der Waals surface area contributed by atoms with E-state index in [2.05, 4.69) is 10.3 Å². The molecule has 194 valence electrons. The van der Waals surface area contributed by atoms with Crippen LogP contribution < -0.4 is 14.8 Å². The number of ether oxygens (including phenoxy) is 2. The Kier molecular flexibility index (Phi) is 7.67. The molecule has 0 aromatic heterocycles. The number of hydrazone groups is 1. The molecular weight excluding hydrogens is 524 g/mol. The van der Waals surface area contributed by atoms with Gasteiger partial charge in [-0.2, -0.15) is 10.1 Å². The smallest absolute Gasteiger partial charge is 0.262 e. The van der Waals surface area contributed by atoms with Gasteiger partial charge in [-0.05, 0) is 47.5 Å². The van der Waals surface area contributed by atoms with Gasteiger partial charge in [-0.15, -0.1) is 0 Å². The molecule has 0 bridgehead atoms. The summed E-state index contributed by atoms with van der Waals surface area (Å²) in [5, 5.41) is 9.92. The summed E-state index contributed by atoms with van der Waals surface area (Å²) >= 11 is 7.33. The van der Waals surface area contributed by atoms with Gasteiger partial charge in [-0.3, -0.25) is 9.59 Å². The van der Waals surface area contributed by atoms with Crippen molar-refractivity contribution in [3.8, 4) is 11.5 Å². The summed E-state index contributed by atoms with van der Waals surface area (Å²) in [6.45, 7) is 0. The van der Waals surface area contributed by atoms with Crippen LogP contribution in [0.1, 0.15) is 30.0 Å². The number of amides is 2. The quantitative estimate of drug-likeness (QED) is 0.417. The number of carbonyl (C=O) groups excluding carboxylic acids is 2. The standard InChI is InChI=1S/C28H25ClN4O4S/c1-36-20-7-5-6-18(14-20)23-15-22(17-10-12-19(29)13-11-17)32-33(23)28-31-27(35)25(38-28)16-26(34)30-21-8-3-4-9-24(21)37-2/h3-14,23,25H,15-16H2,1-2H3,(H,30,34)/t23-,25+/m1/s1. The maximum absolute atomic E-state index is 12.9. The predicted octanol–water partition coefficient (Wildman–Crippen LogP) is 5.54. The van der Waals surface area contributed by atoms with Crippen LogP contribution in [0.5, 0.6) is 11.5 Å². The van der Waals surface area contributed by atoms with Gasteiger partial charge >= 0.3 is 0 Å². The van der Waals surface area contributed by atoms with Crippen molar-refractivity contribution < 1.29 is 19.1 Å². The van der Waals surface area contributed by atoms with Crippen LogP contribution in [0.2, 0.25) is 5.02 Å². The van der Waals surface area contributed by atoms with Crippen LogP contribution in [-0.2, 0) is 9.59 Å². The summed E-state index contributed by atoms with van der Waals surface area (Å²) in [4.78, 5) is 30.0. The zero-order valence-electron chi connectivity index (χ0n) is 20.8. The summed E-state index contributed by atoms with van der Waals surface area (Å²) in [5.41, 5.74) is 3.31. The average molecular weight is 549 g/mol. The molecule has 0 aliphatic carbocycles. The first-order chi connectivity index (χ1) is 18.4. The minimum absolute atomic E-state index is 0.0278. The second-order valence-corrected chi connectivity index (χ2v) is 10.3. The molecule has 0 unspecified atom stereocenters. The molecule has 0 spiro atoms. The number of nitrogens with zero attached hydrogens (tertiary/aromatic N) is 3. The topological polar surface area (TPSA) is 92.6 Å². The molecule has 8 nitrogen and oxygen atoms in total. The van der Waals surface area contributed by atoms with E-state index in [1.54, 1.807) is 30.3 Å². The molecule has 2 amide bonds. The Morgan fingerprint density at radius 2 is 1.87 bits per heavy atom. The highest BCUT2D eigenvalue weighted by molar-refractivity contribution is 8.15. The molecule has 10 heteroatoms. The highest BCUT2D eigenvalue weighted by Crippen LogP contribution is 2.39. The number of thioether (sulfide) groups is 1. The van der Waals surface area contributed by atoms with Crippen molar-refractivity contribution in [2.75, 3.05) is 19.5 Å². The van der Waals surface area contributed by atoms with E-state index in [1.165, 1.54) is 18.9 Å². The summed E-state index contributed by atoms with van der Waals surface area (Å²) in [6.07, 6.45) is 0.571. The molecule has 5 rings (SSSR count). The zero-order valence-corrected chi connectivity index (χ0v) is 22.3. The SMILES string of the molecule is COc1cccc([C@H]2CC(c3ccc(Cl)cc3)=NN2C2=NC(=O)[C@H](CC(=O)Nc3ccccc3OC)S2)c1. The van der Waals surface area contributed by atoms with Crippen LogP contribution in [0, 0.1) is 0 Å². The molecule has 2 aliphatic rings. The minimum Gasteiger partial charge on any atom is -0.497 e. The summed E-state index contributed by atoms with van der Waals surface area (Å²) in [7, 11) is 3.16. The van der Waals surface area contributed by atoms with Crippen molar-refractivity contribution >= 4 is 51.7 Å². The number of rotatable bonds is 7. The fraction of sp³-hybridized carbons (Fsp3) is 0.214. The largest absolute Gasteiger partial charge is 0.497 e. The zero-order chi connectivity index (χ0) is 26.6. The molecule has 2 heterocycles. The van der Waals surface area contributed by atoms with Gasteiger partial charge < -0.3 is 14.8 Å². The normalized spacial score (nSPS) is 18.7. The van der Waals surface area contributed by atoms with Crippen molar-refractivity contribution in [1.29, 1.82) is 0 Å². The van der Waals surface area contributed by atoms with Crippen LogP contribution in [0.3, 0.4) is 0 Å². The van der Waals surface area contributed by atoms with Gasteiger partial charge in [0, 0.05) is 17.9 Å². The Balaban J connectivity index is 1.36. The van der Waals surface area contributed by atoms with E-state index >= 15 is 0 Å². The Bertz CT molecular complexity index is 1430. The third kappa shape index (κ3) is 5.54. The van der Waals surface area contributed by atoms with Crippen molar-refractivity contribution in [3.05, 3.63) is 88.9 Å². The first kappa shape index (κ1) is 25.8. The van der Waals surface area contributed by atoms with E-state index in [0.29, 0.717) is 28.0 Å². The Labute approximate surface area is 229 Å². The monoisotopic (exact) mass is 548 g/mol. The maximum atomic E-state index is 12.9. The van der Waals surface area contributed by atoms with Gasteiger partial charge in [0.15, 0.2) is 5.17 Å². The number of hydrogen-bond donors (Lipinski definition) is 1. The molecule has 0 radical (unpaired) electrons. The Morgan fingerprint density at radius 1 is 1.08 bits per heavy atom. The number of amidine groups is 1. The van der Waals surface area contributed by atoms with Gasteiger partial charge in [-0.25, -0.2) is 5.01 Å². The first-order valence-corrected chi connectivity index (χ1v) is 13.2. The molecule has 2 aliphatic heterocycles. The Hall–Kier alpha value is -3.82. The Morgan fingerprint density at radius 3 is 2.63 bits per heavy atom. The molecule has 0 saturated carbocycles. The molecule has 0 saturated heterocycles. The second kappa shape index (κ2) is 11.3.